The molecule has 1 heterocycles. The lowest BCUT2D eigenvalue weighted by Crippen LogP contribution is -2.35. The summed E-state index contributed by atoms with van der Waals surface area (Å²) in [6.45, 7) is -0.110. The van der Waals surface area contributed by atoms with Gasteiger partial charge in [-0.1, -0.05) is 29.8 Å². The molecule has 1 aliphatic heterocycles. The molecule has 150 valence electrons. The number of carbonyl (C=O) groups is 2. The van der Waals surface area contributed by atoms with Crippen molar-refractivity contribution < 1.29 is 23.5 Å². The molecule has 1 amide bonds. The molecule has 29 heavy (non-hydrogen) atoms. The number of halogens is 2. The van der Waals surface area contributed by atoms with Crippen LogP contribution in [-0.4, -0.2) is 35.5 Å². The van der Waals surface area contributed by atoms with Crippen molar-refractivity contribution in [2.24, 2.45) is 0 Å². The van der Waals surface area contributed by atoms with Crippen molar-refractivity contribution in [3.63, 3.8) is 0 Å². The number of benzene rings is 2. The number of ether oxygens (including phenoxy) is 2. The van der Waals surface area contributed by atoms with E-state index in [0.717, 1.165) is 4.90 Å². The Morgan fingerprint density at radius 2 is 2.10 bits per heavy atom. The van der Waals surface area contributed by atoms with Gasteiger partial charge in [-0.2, -0.15) is 0 Å². The van der Waals surface area contributed by atoms with E-state index in [1.165, 1.54) is 19.2 Å². The van der Waals surface area contributed by atoms with Crippen LogP contribution in [0.1, 0.15) is 11.1 Å². The van der Waals surface area contributed by atoms with Crippen molar-refractivity contribution in [3.05, 3.63) is 70.1 Å². The summed E-state index contributed by atoms with van der Waals surface area (Å²) in [6, 6.07) is 11.1. The average Bonchev–Trinajstić information content (AvgIpc) is 2.94. The molecule has 0 radical (unpaired) electrons. The summed E-state index contributed by atoms with van der Waals surface area (Å²) in [6.07, 6.45) is 1.56. The number of amides is 1. The van der Waals surface area contributed by atoms with Crippen LogP contribution in [0.25, 0.3) is 6.08 Å². The molecule has 0 bridgehead atoms. The largest absolute Gasteiger partial charge is 0.487 e. The number of thiocarbonyl (C=S) groups is 1. The molecule has 1 N–H and O–H groups in total. The molecular weight excluding hydrogens is 419 g/mol. The van der Waals surface area contributed by atoms with Gasteiger partial charge in [0.25, 0.3) is 5.91 Å². The third kappa shape index (κ3) is 5.10. The van der Waals surface area contributed by atoms with E-state index in [0.29, 0.717) is 21.9 Å². The minimum Gasteiger partial charge on any atom is -0.487 e. The average molecular weight is 435 g/mol. The van der Waals surface area contributed by atoms with E-state index in [1.54, 1.807) is 36.4 Å². The van der Waals surface area contributed by atoms with Crippen molar-refractivity contribution in [2.45, 2.75) is 6.61 Å². The minimum absolute atomic E-state index is 0.118. The van der Waals surface area contributed by atoms with Crippen LogP contribution in [0.15, 0.2) is 48.2 Å². The first-order chi connectivity index (χ1) is 13.9. The Morgan fingerprint density at radius 1 is 1.31 bits per heavy atom. The van der Waals surface area contributed by atoms with Crippen LogP contribution >= 0.6 is 23.8 Å². The summed E-state index contributed by atoms with van der Waals surface area (Å²) in [7, 11) is 1.23. The van der Waals surface area contributed by atoms with Crippen molar-refractivity contribution in [2.75, 3.05) is 13.7 Å². The molecule has 0 aromatic heterocycles. The third-order valence-electron chi connectivity index (χ3n) is 4.03. The Kier molecular flexibility index (Phi) is 6.46. The zero-order chi connectivity index (χ0) is 21.0. The Balaban J connectivity index is 1.70. The van der Waals surface area contributed by atoms with Crippen molar-refractivity contribution >= 4 is 46.9 Å². The number of nitrogens with zero attached hydrogens (tertiary/aromatic N) is 1. The van der Waals surface area contributed by atoms with Gasteiger partial charge in [-0.15, -0.1) is 0 Å². The van der Waals surface area contributed by atoms with E-state index >= 15 is 0 Å². The molecule has 2 aromatic carbocycles. The molecule has 0 unspecified atom stereocenters. The van der Waals surface area contributed by atoms with Gasteiger partial charge in [0.05, 0.1) is 12.1 Å². The van der Waals surface area contributed by atoms with E-state index in [-0.39, 0.29) is 29.8 Å². The number of nitrogens with one attached hydrogen (secondary N) is 1. The predicted octanol–water partition coefficient (Wildman–Crippen LogP) is 3.29. The Bertz CT molecular complexity index is 1010. The molecule has 0 spiro atoms. The van der Waals surface area contributed by atoms with Gasteiger partial charge in [-0.3, -0.25) is 14.5 Å². The van der Waals surface area contributed by atoms with Crippen LogP contribution in [0.2, 0.25) is 5.02 Å². The Hall–Kier alpha value is -2.97. The number of hydrogen-bond donors (Lipinski definition) is 1. The van der Waals surface area contributed by atoms with Crippen LogP contribution < -0.4 is 10.1 Å². The number of rotatable bonds is 6. The normalized spacial score (nSPS) is 14.9. The lowest BCUT2D eigenvalue weighted by molar-refractivity contribution is -0.143. The molecule has 0 saturated carbocycles. The summed E-state index contributed by atoms with van der Waals surface area (Å²) >= 11 is 11.3. The monoisotopic (exact) mass is 434 g/mol. The summed E-state index contributed by atoms with van der Waals surface area (Å²) in [4.78, 5) is 25.0. The zero-order valence-corrected chi connectivity index (χ0v) is 16.8. The SMILES string of the molecule is COC(=O)CN1C(=O)/C(=C/c2ccc(OCc3cccc(F)c3)c(Cl)c2)NC1=S. The van der Waals surface area contributed by atoms with Gasteiger partial charge in [0.2, 0.25) is 0 Å². The van der Waals surface area contributed by atoms with Crippen molar-refractivity contribution in [3.8, 4) is 5.75 Å². The van der Waals surface area contributed by atoms with E-state index in [1.807, 2.05) is 0 Å². The molecular formula is C20H16ClFN2O4S. The summed E-state index contributed by atoms with van der Waals surface area (Å²) < 4.78 is 23.4. The summed E-state index contributed by atoms with van der Waals surface area (Å²) in [5, 5.41) is 3.22. The van der Waals surface area contributed by atoms with E-state index in [9.17, 15) is 14.0 Å². The highest BCUT2D eigenvalue weighted by atomic mass is 35.5. The first-order valence-electron chi connectivity index (χ1n) is 8.45. The van der Waals surface area contributed by atoms with E-state index in [4.69, 9.17) is 28.6 Å². The van der Waals surface area contributed by atoms with Crippen LogP contribution in [-0.2, 0) is 20.9 Å². The van der Waals surface area contributed by atoms with E-state index < -0.39 is 11.9 Å². The molecule has 9 heteroatoms. The van der Waals surface area contributed by atoms with Crippen LogP contribution in [0.4, 0.5) is 4.39 Å². The van der Waals surface area contributed by atoms with Gasteiger partial charge in [-0.25, -0.2) is 4.39 Å². The van der Waals surface area contributed by atoms with Crippen molar-refractivity contribution in [1.29, 1.82) is 0 Å². The summed E-state index contributed by atoms with van der Waals surface area (Å²) in [5.41, 5.74) is 1.52. The molecule has 0 aliphatic carbocycles. The second kappa shape index (κ2) is 9.02. The quantitative estimate of drug-likeness (QED) is 0.427. The molecule has 6 nitrogen and oxygen atoms in total. The molecule has 1 saturated heterocycles. The molecule has 2 aromatic rings. The van der Waals surface area contributed by atoms with Crippen LogP contribution in [0.3, 0.4) is 0 Å². The number of esters is 1. The molecule has 0 atom stereocenters. The van der Waals surface area contributed by atoms with Gasteiger partial charge in [0.1, 0.15) is 30.4 Å². The smallest absolute Gasteiger partial charge is 0.325 e. The highest BCUT2D eigenvalue weighted by Crippen LogP contribution is 2.27. The van der Waals surface area contributed by atoms with Gasteiger partial charge in [0, 0.05) is 0 Å². The molecule has 1 fully saturated rings. The highest BCUT2D eigenvalue weighted by Gasteiger charge is 2.32. The first kappa shape index (κ1) is 20.8. The van der Waals surface area contributed by atoms with Gasteiger partial charge < -0.3 is 14.8 Å². The van der Waals surface area contributed by atoms with Gasteiger partial charge >= 0.3 is 5.97 Å². The Labute approximate surface area is 176 Å². The maximum absolute atomic E-state index is 13.2. The standard InChI is InChI=1S/C20H16ClFN2O4S/c1-27-18(25)10-24-19(26)16(23-20(24)29)9-12-5-6-17(15(21)8-12)28-11-13-3-2-4-14(22)7-13/h2-9H,10-11H2,1H3,(H,23,29)/b16-9-. The minimum atomic E-state index is -0.577. The zero-order valence-electron chi connectivity index (χ0n) is 15.3. The highest BCUT2D eigenvalue weighted by molar-refractivity contribution is 7.80. The Morgan fingerprint density at radius 3 is 2.79 bits per heavy atom. The summed E-state index contributed by atoms with van der Waals surface area (Å²) in [5.74, 6) is -0.937. The van der Waals surface area contributed by atoms with Crippen LogP contribution in [0.5, 0.6) is 5.75 Å². The third-order valence-corrected chi connectivity index (χ3v) is 4.65. The lowest BCUT2D eigenvalue weighted by atomic mass is 10.1. The number of methoxy groups -OCH3 is 1. The van der Waals surface area contributed by atoms with Crippen LogP contribution in [0, 0.1) is 5.82 Å². The molecule has 1 aliphatic rings. The fraction of sp³-hybridized carbons (Fsp3) is 0.150. The maximum atomic E-state index is 13.2. The van der Waals surface area contributed by atoms with E-state index in [2.05, 4.69) is 10.1 Å². The fourth-order valence-corrected chi connectivity index (χ4v) is 3.09. The second-order valence-electron chi connectivity index (χ2n) is 6.06. The first-order valence-corrected chi connectivity index (χ1v) is 9.24. The van der Waals surface area contributed by atoms with Gasteiger partial charge in [0.15, 0.2) is 5.11 Å². The lowest BCUT2D eigenvalue weighted by Gasteiger charge is -2.11. The van der Waals surface area contributed by atoms with Crippen molar-refractivity contribution in [1.82, 2.24) is 10.2 Å². The predicted molar refractivity (Wildman–Crippen MR) is 110 cm³/mol. The topological polar surface area (TPSA) is 67.9 Å². The molecule has 3 rings (SSSR count). The van der Waals surface area contributed by atoms with Gasteiger partial charge in [-0.05, 0) is 53.7 Å². The number of carbonyl (C=O) groups excluding carboxylic acids is 2. The fourth-order valence-electron chi connectivity index (χ4n) is 2.59. The number of hydrogen-bond acceptors (Lipinski definition) is 5. The maximum Gasteiger partial charge on any atom is 0.325 e. The second-order valence-corrected chi connectivity index (χ2v) is 6.86.